The van der Waals surface area contributed by atoms with Gasteiger partial charge in [-0.1, -0.05) is 6.07 Å². The largest absolute Gasteiger partial charge is 0.345 e. The van der Waals surface area contributed by atoms with Crippen LogP contribution in [0.2, 0.25) is 0 Å². The zero-order chi connectivity index (χ0) is 10.1. The Bertz CT molecular complexity index is 457. The minimum absolute atomic E-state index is 0.806. The van der Waals surface area contributed by atoms with Crippen molar-refractivity contribution >= 4 is 11.0 Å². The first-order valence-electron chi connectivity index (χ1n) is 5.57. The van der Waals surface area contributed by atoms with Gasteiger partial charge in [-0.2, -0.15) is 0 Å². The monoisotopic (exact) mass is 201 g/mol. The van der Waals surface area contributed by atoms with Crippen molar-refractivity contribution in [2.75, 3.05) is 6.54 Å². The van der Waals surface area contributed by atoms with Crippen LogP contribution in [0.25, 0.3) is 11.0 Å². The SMILES string of the molecule is c1nc2ccc(CCNC3CC3)cc2[nH]1. The topological polar surface area (TPSA) is 40.7 Å². The number of hydrogen-bond acceptors (Lipinski definition) is 2. The second-order valence-electron chi connectivity index (χ2n) is 4.23. The first kappa shape index (κ1) is 8.92. The van der Waals surface area contributed by atoms with Gasteiger partial charge in [0.1, 0.15) is 0 Å². The zero-order valence-corrected chi connectivity index (χ0v) is 8.66. The molecule has 1 saturated carbocycles. The van der Waals surface area contributed by atoms with Gasteiger partial charge >= 0.3 is 0 Å². The molecule has 1 aromatic carbocycles. The van der Waals surface area contributed by atoms with E-state index in [1.54, 1.807) is 6.33 Å². The number of nitrogens with zero attached hydrogens (tertiary/aromatic N) is 1. The smallest absolute Gasteiger partial charge is 0.0931 e. The third kappa shape index (κ3) is 2.02. The van der Waals surface area contributed by atoms with E-state index >= 15 is 0 Å². The molecule has 0 unspecified atom stereocenters. The van der Waals surface area contributed by atoms with E-state index in [4.69, 9.17) is 0 Å². The summed E-state index contributed by atoms with van der Waals surface area (Å²) in [7, 11) is 0. The van der Waals surface area contributed by atoms with Gasteiger partial charge in [0.15, 0.2) is 0 Å². The number of rotatable bonds is 4. The third-order valence-electron chi connectivity index (χ3n) is 2.91. The van der Waals surface area contributed by atoms with Crippen molar-refractivity contribution in [3.05, 3.63) is 30.1 Å². The average molecular weight is 201 g/mol. The lowest BCUT2D eigenvalue weighted by atomic mass is 10.1. The molecule has 3 heteroatoms. The van der Waals surface area contributed by atoms with Crippen LogP contribution in [0.3, 0.4) is 0 Å². The summed E-state index contributed by atoms with van der Waals surface area (Å²) in [5, 5.41) is 3.52. The number of aromatic nitrogens is 2. The maximum Gasteiger partial charge on any atom is 0.0931 e. The highest BCUT2D eigenvalue weighted by atomic mass is 14.9. The van der Waals surface area contributed by atoms with E-state index in [-0.39, 0.29) is 0 Å². The lowest BCUT2D eigenvalue weighted by Crippen LogP contribution is -2.19. The molecule has 3 nitrogen and oxygen atoms in total. The maximum absolute atomic E-state index is 4.21. The number of nitrogens with one attached hydrogen (secondary N) is 2. The molecular formula is C12H15N3. The lowest BCUT2D eigenvalue weighted by molar-refractivity contribution is 0.682. The molecule has 78 valence electrons. The van der Waals surface area contributed by atoms with E-state index in [1.807, 2.05) is 0 Å². The van der Waals surface area contributed by atoms with Gasteiger partial charge in [0.2, 0.25) is 0 Å². The van der Waals surface area contributed by atoms with E-state index < -0.39 is 0 Å². The van der Waals surface area contributed by atoms with Gasteiger partial charge < -0.3 is 10.3 Å². The van der Waals surface area contributed by atoms with Crippen LogP contribution >= 0.6 is 0 Å². The van der Waals surface area contributed by atoms with Crippen LogP contribution in [-0.2, 0) is 6.42 Å². The van der Waals surface area contributed by atoms with Crippen molar-refractivity contribution in [1.29, 1.82) is 0 Å². The van der Waals surface area contributed by atoms with E-state index in [0.29, 0.717) is 0 Å². The molecule has 0 radical (unpaired) electrons. The Morgan fingerprint density at radius 1 is 1.40 bits per heavy atom. The molecule has 1 aromatic heterocycles. The molecule has 2 N–H and O–H groups in total. The van der Waals surface area contributed by atoms with Crippen LogP contribution in [0.4, 0.5) is 0 Å². The molecule has 1 heterocycles. The molecule has 0 amide bonds. The standard InChI is InChI=1S/C12H15N3/c1-4-11-12(15-8-14-11)7-9(1)5-6-13-10-2-3-10/h1,4,7-8,10,13H,2-3,5-6H2,(H,14,15). The normalized spacial score (nSPS) is 16.0. The summed E-state index contributed by atoms with van der Waals surface area (Å²) in [6, 6.07) is 7.24. The Morgan fingerprint density at radius 3 is 3.20 bits per heavy atom. The maximum atomic E-state index is 4.21. The highest BCUT2D eigenvalue weighted by molar-refractivity contribution is 5.75. The molecule has 0 saturated heterocycles. The fourth-order valence-electron chi connectivity index (χ4n) is 1.85. The van der Waals surface area contributed by atoms with Crippen molar-refractivity contribution in [3.8, 4) is 0 Å². The van der Waals surface area contributed by atoms with Crippen LogP contribution in [-0.4, -0.2) is 22.6 Å². The number of imidazole rings is 1. The Kier molecular flexibility index (Phi) is 2.18. The molecule has 1 aliphatic carbocycles. The molecule has 15 heavy (non-hydrogen) atoms. The van der Waals surface area contributed by atoms with Crippen LogP contribution in [0.15, 0.2) is 24.5 Å². The van der Waals surface area contributed by atoms with Crippen molar-refractivity contribution in [1.82, 2.24) is 15.3 Å². The summed E-state index contributed by atoms with van der Waals surface area (Å²) in [5.41, 5.74) is 3.56. The van der Waals surface area contributed by atoms with Gasteiger partial charge in [0.25, 0.3) is 0 Å². The summed E-state index contributed by atoms with van der Waals surface area (Å²) < 4.78 is 0. The highest BCUT2D eigenvalue weighted by Crippen LogP contribution is 2.18. The number of fused-ring (bicyclic) bond motifs is 1. The van der Waals surface area contributed by atoms with Crippen LogP contribution in [0, 0.1) is 0 Å². The van der Waals surface area contributed by atoms with E-state index in [9.17, 15) is 0 Å². The zero-order valence-electron chi connectivity index (χ0n) is 8.66. The molecule has 0 aliphatic heterocycles. The Hall–Kier alpha value is -1.35. The minimum atomic E-state index is 0.806. The van der Waals surface area contributed by atoms with Crippen molar-refractivity contribution in [3.63, 3.8) is 0 Å². The predicted octanol–water partition coefficient (Wildman–Crippen LogP) is 1.86. The van der Waals surface area contributed by atoms with Gasteiger partial charge in [0, 0.05) is 6.04 Å². The number of aromatic amines is 1. The Morgan fingerprint density at radius 2 is 2.33 bits per heavy atom. The highest BCUT2D eigenvalue weighted by Gasteiger charge is 2.19. The summed E-state index contributed by atoms with van der Waals surface area (Å²) >= 11 is 0. The van der Waals surface area contributed by atoms with Crippen LogP contribution < -0.4 is 5.32 Å². The first-order chi connectivity index (χ1) is 7.42. The molecule has 2 aromatic rings. The number of benzene rings is 1. The summed E-state index contributed by atoms with van der Waals surface area (Å²) in [6.45, 7) is 1.09. The fourth-order valence-corrected chi connectivity index (χ4v) is 1.85. The number of H-pyrrole nitrogens is 1. The predicted molar refractivity (Wildman–Crippen MR) is 60.8 cm³/mol. The summed E-state index contributed by atoms with van der Waals surface area (Å²) in [5.74, 6) is 0. The number of hydrogen-bond donors (Lipinski definition) is 2. The molecule has 0 bridgehead atoms. The van der Waals surface area contributed by atoms with Gasteiger partial charge in [-0.15, -0.1) is 0 Å². The van der Waals surface area contributed by atoms with E-state index in [2.05, 4.69) is 33.5 Å². The molecule has 1 fully saturated rings. The molecule has 0 spiro atoms. The molecule has 3 rings (SSSR count). The van der Waals surface area contributed by atoms with Crippen molar-refractivity contribution < 1.29 is 0 Å². The Labute approximate surface area is 88.9 Å². The van der Waals surface area contributed by atoms with Crippen molar-refractivity contribution in [2.24, 2.45) is 0 Å². The van der Waals surface area contributed by atoms with Gasteiger partial charge in [-0.05, 0) is 43.5 Å². The molecule has 0 atom stereocenters. The molecular weight excluding hydrogens is 186 g/mol. The third-order valence-corrected chi connectivity index (χ3v) is 2.91. The summed E-state index contributed by atoms with van der Waals surface area (Å²) in [6.07, 6.45) is 5.57. The van der Waals surface area contributed by atoms with Gasteiger partial charge in [0.05, 0.1) is 17.4 Å². The lowest BCUT2D eigenvalue weighted by Gasteiger charge is -2.02. The molecule has 1 aliphatic rings. The van der Waals surface area contributed by atoms with Crippen molar-refractivity contribution in [2.45, 2.75) is 25.3 Å². The van der Waals surface area contributed by atoms with Crippen LogP contribution in [0.1, 0.15) is 18.4 Å². The van der Waals surface area contributed by atoms with E-state index in [1.165, 1.54) is 18.4 Å². The second-order valence-corrected chi connectivity index (χ2v) is 4.23. The second kappa shape index (κ2) is 3.66. The Balaban J connectivity index is 1.67. The minimum Gasteiger partial charge on any atom is -0.345 e. The van der Waals surface area contributed by atoms with Gasteiger partial charge in [-0.3, -0.25) is 0 Å². The fraction of sp³-hybridized carbons (Fsp3) is 0.417. The average Bonchev–Trinajstić information content (AvgIpc) is 2.95. The first-order valence-corrected chi connectivity index (χ1v) is 5.57. The van der Waals surface area contributed by atoms with Crippen LogP contribution in [0.5, 0.6) is 0 Å². The van der Waals surface area contributed by atoms with Gasteiger partial charge in [-0.25, -0.2) is 4.98 Å². The quantitative estimate of drug-likeness (QED) is 0.792. The van der Waals surface area contributed by atoms with E-state index in [0.717, 1.165) is 30.0 Å². The summed E-state index contributed by atoms with van der Waals surface area (Å²) in [4.78, 5) is 7.35.